The first-order valence-electron chi connectivity index (χ1n) is 5.88. The molecule has 2 aromatic carbocycles. The third-order valence-electron chi connectivity index (χ3n) is 3.01. The highest BCUT2D eigenvalue weighted by Crippen LogP contribution is 2.27. The summed E-state index contributed by atoms with van der Waals surface area (Å²) in [5.41, 5.74) is 11.1. The van der Waals surface area contributed by atoms with Gasteiger partial charge in [-0.1, -0.05) is 6.07 Å². The van der Waals surface area contributed by atoms with Crippen molar-refractivity contribution >= 4 is 17.1 Å². The number of nitrogens with one attached hydrogen (secondary N) is 1. The molecule has 3 heteroatoms. The predicted molar refractivity (Wildman–Crippen MR) is 76.6 cm³/mol. The molecule has 0 aliphatic carbocycles. The summed E-state index contributed by atoms with van der Waals surface area (Å²) >= 11 is 0. The van der Waals surface area contributed by atoms with Crippen LogP contribution in [0.15, 0.2) is 36.4 Å². The van der Waals surface area contributed by atoms with Crippen molar-refractivity contribution in [3.05, 3.63) is 47.5 Å². The van der Waals surface area contributed by atoms with Crippen molar-refractivity contribution in [3.8, 4) is 5.75 Å². The summed E-state index contributed by atoms with van der Waals surface area (Å²) < 4.78 is 5.19. The Labute approximate surface area is 108 Å². The van der Waals surface area contributed by atoms with Gasteiger partial charge in [0.15, 0.2) is 0 Å². The van der Waals surface area contributed by atoms with Crippen LogP contribution in [0.3, 0.4) is 0 Å². The average molecular weight is 242 g/mol. The molecule has 3 nitrogen and oxygen atoms in total. The molecule has 0 bridgehead atoms. The second kappa shape index (κ2) is 5.00. The Bertz CT molecular complexity index is 564. The lowest BCUT2D eigenvalue weighted by atomic mass is 10.1. The van der Waals surface area contributed by atoms with Crippen molar-refractivity contribution in [1.29, 1.82) is 0 Å². The van der Waals surface area contributed by atoms with Crippen LogP contribution in [0, 0.1) is 13.8 Å². The fourth-order valence-electron chi connectivity index (χ4n) is 1.80. The van der Waals surface area contributed by atoms with Gasteiger partial charge in [0.05, 0.1) is 18.5 Å². The molecule has 0 amide bonds. The van der Waals surface area contributed by atoms with Gasteiger partial charge in [0, 0.05) is 11.8 Å². The van der Waals surface area contributed by atoms with Crippen LogP contribution in [0.25, 0.3) is 0 Å². The Hall–Kier alpha value is -2.16. The number of hydrogen-bond donors (Lipinski definition) is 2. The van der Waals surface area contributed by atoms with Crippen molar-refractivity contribution in [2.75, 3.05) is 18.2 Å². The van der Waals surface area contributed by atoms with Gasteiger partial charge in [0.1, 0.15) is 5.75 Å². The van der Waals surface area contributed by atoms with Gasteiger partial charge >= 0.3 is 0 Å². The Morgan fingerprint density at radius 2 is 1.78 bits per heavy atom. The maximum Gasteiger partial charge on any atom is 0.120 e. The number of aryl methyl sites for hydroxylation is 2. The monoisotopic (exact) mass is 242 g/mol. The summed E-state index contributed by atoms with van der Waals surface area (Å²) in [6.45, 7) is 4.13. The van der Waals surface area contributed by atoms with Crippen LogP contribution in [0.2, 0.25) is 0 Å². The standard InChI is InChI=1S/C15H18N2O/c1-10-7-14(16)15(8-11(10)2)17-12-5-4-6-13(9-12)18-3/h4-9,17H,16H2,1-3H3. The molecule has 0 radical (unpaired) electrons. The molecule has 0 aliphatic rings. The largest absolute Gasteiger partial charge is 0.497 e. The molecule has 0 heterocycles. The summed E-state index contributed by atoms with van der Waals surface area (Å²) in [6.07, 6.45) is 0. The molecule has 0 fully saturated rings. The molecular formula is C15H18N2O. The first-order valence-corrected chi connectivity index (χ1v) is 5.88. The first kappa shape index (κ1) is 12.3. The van der Waals surface area contributed by atoms with Crippen molar-refractivity contribution in [1.82, 2.24) is 0 Å². The number of ether oxygens (including phenoxy) is 1. The number of hydrogen-bond acceptors (Lipinski definition) is 3. The van der Waals surface area contributed by atoms with Crippen molar-refractivity contribution in [3.63, 3.8) is 0 Å². The highest BCUT2D eigenvalue weighted by molar-refractivity contribution is 5.74. The van der Waals surface area contributed by atoms with E-state index in [9.17, 15) is 0 Å². The van der Waals surface area contributed by atoms with Crippen LogP contribution in [0.4, 0.5) is 17.1 Å². The molecule has 3 N–H and O–H groups in total. The molecule has 0 aliphatic heterocycles. The maximum atomic E-state index is 6.01. The van der Waals surface area contributed by atoms with Gasteiger partial charge in [-0.3, -0.25) is 0 Å². The number of rotatable bonds is 3. The lowest BCUT2D eigenvalue weighted by Crippen LogP contribution is -1.98. The van der Waals surface area contributed by atoms with E-state index in [1.54, 1.807) is 7.11 Å². The van der Waals surface area contributed by atoms with Crippen molar-refractivity contribution in [2.45, 2.75) is 13.8 Å². The highest BCUT2D eigenvalue weighted by Gasteiger charge is 2.03. The van der Waals surface area contributed by atoms with Crippen LogP contribution in [-0.2, 0) is 0 Å². The highest BCUT2D eigenvalue weighted by atomic mass is 16.5. The third-order valence-corrected chi connectivity index (χ3v) is 3.01. The number of anilines is 3. The summed E-state index contributed by atoms with van der Waals surface area (Å²) in [5.74, 6) is 0.822. The minimum Gasteiger partial charge on any atom is -0.497 e. The van der Waals surface area contributed by atoms with E-state index in [1.165, 1.54) is 11.1 Å². The molecule has 0 unspecified atom stereocenters. The number of nitrogens with two attached hydrogens (primary N) is 1. The van der Waals surface area contributed by atoms with E-state index in [1.807, 2.05) is 30.3 Å². The van der Waals surface area contributed by atoms with Crippen LogP contribution in [-0.4, -0.2) is 7.11 Å². The molecule has 94 valence electrons. The van der Waals surface area contributed by atoms with Crippen LogP contribution >= 0.6 is 0 Å². The Balaban J connectivity index is 2.30. The third kappa shape index (κ3) is 2.56. The summed E-state index contributed by atoms with van der Waals surface area (Å²) in [6, 6.07) is 11.8. The smallest absolute Gasteiger partial charge is 0.120 e. The van der Waals surface area contributed by atoms with Gasteiger partial charge in [-0.2, -0.15) is 0 Å². The molecule has 18 heavy (non-hydrogen) atoms. The Kier molecular flexibility index (Phi) is 3.42. The molecule has 0 aromatic heterocycles. The lowest BCUT2D eigenvalue weighted by Gasteiger charge is -2.12. The molecule has 2 rings (SSSR count). The van der Waals surface area contributed by atoms with Crippen LogP contribution in [0.1, 0.15) is 11.1 Å². The zero-order valence-electron chi connectivity index (χ0n) is 10.9. The van der Waals surface area contributed by atoms with E-state index in [4.69, 9.17) is 10.5 Å². The second-order valence-electron chi connectivity index (χ2n) is 4.38. The minimum atomic E-state index is 0.751. The van der Waals surface area contributed by atoms with Crippen molar-refractivity contribution < 1.29 is 4.74 Å². The lowest BCUT2D eigenvalue weighted by molar-refractivity contribution is 0.415. The van der Waals surface area contributed by atoms with E-state index in [0.717, 1.165) is 22.8 Å². The number of nitrogen functional groups attached to an aromatic ring is 1. The van der Waals surface area contributed by atoms with Crippen LogP contribution in [0.5, 0.6) is 5.75 Å². The summed E-state index contributed by atoms with van der Waals surface area (Å²) in [4.78, 5) is 0. The van der Waals surface area contributed by atoms with Crippen LogP contribution < -0.4 is 15.8 Å². The quantitative estimate of drug-likeness (QED) is 0.808. The minimum absolute atomic E-state index is 0.751. The van der Waals surface area contributed by atoms with Gasteiger partial charge in [0.25, 0.3) is 0 Å². The summed E-state index contributed by atoms with van der Waals surface area (Å²) in [7, 11) is 1.66. The van der Waals surface area contributed by atoms with Gasteiger partial charge in [-0.15, -0.1) is 0 Å². The van der Waals surface area contributed by atoms with E-state index in [0.29, 0.717) is 0 Å². The topological polar surface area (TPSA) is 47.3 Å². The number of benzene rings is 2. The molecule has 0 saturated heterocycles. The number of methoxy groups -OCH3 is 1. The van der Waals surface area contributed by atoms with E-state index >= 15 is 0 Å². The molecule has 0 spiro atoms. The van der Waals surface area contributed by atoms with E-state index < -0.39 is 0 Å². The molecular weight excluding hydrogens is 224 g/mol. The average Bonchev–Trinajstić information content (AvgIpc) is 2.36. The zero-order valence-corrected chi connectivity index (χ0v) is 10.9. The van der Waals surface area contributed by atoms with Crippen molar-refractivity contribution in [2.24, 2.45) is 0 Å². The Morgan fingerprint density at radius 3 is 2.50 bits per heavy atom. The predicted octanol–water partition coefficient (Wildman–Crippen LogP) is 3.64. The first-order chi connectivity index (χ1) is 8.60. The molecule has 2 aromatic rings. The van der Waals surface area contributed by atoms with Gasteiger partial charge < -0.3 is 15.8 Å². The fourth-order valence-corrected chi connectivity index (χ4v) is 1.80. The Morgan fingerprint density at radius 1 is 1.06 bits per heavy atom. The fraction of sp³-hybridized carbons (Fsp3) is 0.200. The van der Waals surface area contributed by atoms with Gasteiger partial charge in [0.2, 0.25) is 0 Å². The zero-order chi connectivity index (χ0) is 13.1. The van der Waals surface area contributed by atoms with Gasteiger partial charge in [-0.05, 0) is 49.2 Å². The van der Waals surface area contributed by atoms with Gasteiger partial charge in [-0.25, -0.2) is 0 Å². The normalized spacial score (nSPS) is 10.2. The SMILES string of the molecule is COc1cccc(Nc2cc(C)c(C)cc2N)c1. The van der Waals surface area contributed by atoms with E-state index in [-0.39, 0.29) is 0 Å². The second-order valence-corrected chi connectivity index (χ2v) is 4.38. The molecule has 0 saturated carbocycles. The van der Waals surface area contributed by atoms with E-state index in [2.05, 4.69) is 25.2 Å². The molecule has 0 atom stereocenters. The summed E-state index contributed by atoms with van der Waals surface area (Å²) in [5, 5.41) is 3.31. The maximum absolute atomic E-state index is 6.01.